The number of carbonyl (C=O) groups is 1. The zero-order chi connectivity index (χ0) is 24.3. The monoisotopic (exact) mass is 499 g/mol. The second-order valence-corrected chi connectivity index (χ2v) is 10.9. The molecule has 5 atom stereocenters. The number of rotatable bonds is 7. The van der Waals surface area contributed by atoms with Crippen LogP contribution in [0.5, 0.6) is 0 Å². The Bertz CT molecular complexity index is 1000. The van der Waals surface area contributed by atoms with Gasteiger partial charge in [0.2, 0.25) is 5.91 Å². The van der Waals surface area contributed by atoms with E-state index in [2.05, 4.69) is 49.6 Å². The predicted molar refractivity (Wildman–Crippen MR) is 140 cm³/mol. The fourth-order valence-electron chi connectivity index (χ4n) is 5.96. The highest BCUT2D eigenvalue weighted by atomic mass is 35.5. The van der Waals surface area contributed by atoms with Crippen molar-refractivity contribution >= 4 is 29.1 Å². The first-order valence-corrected chi connectivity index (χ1v) is 13.2. The van der Waals surface area contributed by atoms with Crippen LogP contribution in [0.2, 0.25) is 10.0 Å². The van der Waals surface area contributed by atoms with Gasteiger partial charge in [0.1, 0.15) is 0 Å². The van der Waals surface area contributed by atoms with Gasteiger partial charge in [0, 0.05) is 22.6 Å². The minimum atomic E-state index is -0.542. The molecule has 2 aliphatic rings. The van der Waals surface area contributed by atoms with Crippen LogP contribution in [0.4, 0.5) is 0 Å². The van der Waals surface area contributed by atoms with Crippen molar-refractivity contribution in [3.05, 3.63) is 82.4 Å². The first-order chi connectivity index (χ1) is 16.4. The molecule has 2 saturated heterocycles. The summed E-state index contributed by atoms with van der Waals surface area (Å²) in [5.74, 6) is 0.270. The number of piperidine rings is 1. The molecule has 0 saturated carbocycles. The van der Waals surface area contributed by atoms with Crippen LogP contribution >= 0.6 is 23.2 Å². The average molecular weight is 501 g/mol. The number of ether oxygens (including phenoxy) is 1. The zero-order valence-corrected chi connectivity index (χ0v) is 21.7. The molecule has 0 N–H and O–H groups in total. The maximum atomic E-state index is 14.3. The van der Waals surface area contributed by atoms with Crippen LogP contribution in [-0.2, 0) is 9.53 Å². The highest BCUT2D eigenvalue weighted by Gasteiger charge is 2.52. The van der Waals surface area contributed by atoms with Gasteiger partial charge in [-0.15, -0.1) is 6.58 Å². The van der Waals surface area contributed by atoms with Crippen LogP contribution in [-0.4, -0.2) is 29.6 Å². The topological polar surface area (TPSA) is 29.5 Å². The number of amides is 1. The number of benzene rings is 2. The van der Waals surface area contributed by atoms with Crippen LogP contribution in [0.25, 0.3) is 0 Å². The summed E-state index contributed by atoms with van der Waals surface area (Å²) < 4.78 is 6.27. The van der Waals surface area contributed by atoms with Gasteiger partial charge in [0.15, 0.2) is 0 Å². The highest BCUT2D eigenvalue weighted by molar-refractivity contribution is 6.30. The van der Waals surface area contributed by atoms with Crippen molar-refractivity contribution in [2.75, 3.05) is 6.61 Å². The Morgan fingerprint density at radius 2 is 1.91 bits per heavy atom. The zero-order valence-electron chi connectivity index (χ0n) is 20.2. The maximum Gasteiger partial charge on any atom is 0.229 e. The molecule has 0 bridgehead atoms. The van der Waals surface area contributed by atoms with Crippen molar-refractivity contribution in [3.8, 4) is 0 Å². The van der Waals surface area contributed by atoms with Crippen molar-refractivity contribution < 1.29 is 9.53 Å². The SMILES string of the molecule is C=CC[C@@]1(C)CC(c2cccc(Cl)c2)C(c2ccc(Cl)cc2)N([C@@H](CC)C2CCCCO2)C1=O. The quantitative estimate of drug-likeness (QED) is 0.361. The Hall–Kier alpha value is -1.81. The van der Waals surface area contributed by atoms with Gasteiger partial charge in [-0.3, -0.25) is 4.79 Å². The fraction of sp³-hybridized carbons (Fsp3) is 0.483. The fourth-order valence-corrected chi connectivity index (χ4v) is 6.29. The first-order valence-electron chi connectivity index (χ1n) is 12.4. The van der Waals surface area contributed by atoms with Gasteiger partial charge in [-0.1, -0.05) is 67.4 Å². The van der Waals surface area contributed by atoms with Gasteiger partial charge in [-0.05, 0) is 73.9 Å². The molecular weight excluding hydrogens is 465 g/mol. The van der Waals surface area contributed by atoms with Crippen LogP contribution < -0.4 is 0 Å². The lowest BCUT2D eigenvalue weighted by molar-refractivity contribution is -0.161. The van der Waals surface area contributed by atoms with Crippen LogP contribution in [0.1, 0.15) is 75.5 Å². The standard InChI is InChI=1S/C29H35Cl2NO2/c1-4-16-29(3)19-24(21-9-8-10-23(31)18-21)27(20-12-14-22(30)15-13-20)32(28(29)33)25(5-2)26-11-6-7-17-34-26/h4,8-10,12-15,18,24-27H,1,5-7,11,16-17,19H2,2-3H3/t24?,25-,26?,27?,29-/m0/s1. The molecule has 1 amide bonds. The second-order valence-electron chi connectivity index (χ2n) is 10.0. The Balaban J connectivity index is 1.88. The molecule has 5 heteroatoms. The molecule has 34 heavy (non-hydrogen) atoms. The molecule has 4 rings (SSSR count). The van der Waals surface area contributed by atoms with E-state index in [0.717, 1.165) is 49.8 Å². The van der Waals surface area contributed by atoms with Gasteiger partial charge in [0.05, 0.1) is 23.6 Å². The molecule has 2 aromatic carbocycles. The van der Waals surface area contributed by atoms with Crippen molar-refractivity contribution in [3.63, 3.8) is 0 Å². The van der Waals surface area contributed by atoms with Crippen LogP contribution in [0, 0.1) is 5.41 Å². The van der Waals surface area contributed by atoms with Gasteiger partial charge >= 0.3 is 0 Å². The Morgan fingerprint density at radius 1 is 1.15 bits per heavy atom. The molecule has 182 valence electrons. The normalized spacial score (nSPS) is 28.5. The molecule has 3 nitrogen and oxygen atoms in total. The minimum Gasteiger partial charge on any atom is -0.376 e. The molecule has 2 heterocycles. The van der Waals surface area contributed by atoms with Gasteiger partial charge in [0.25, 0.3) is 0 Å². The summed E-state index contributed by atoms with van der Waals surface area (Å²) in [7, 11) is 0. The summed E-state index contributed by atoms with van der Waals surface area (Å²) in [6.07, 6.45) is 7.33. The number of likely N-dealkylation sites (tertiary alicyclic amines) is 1. The lowest BCUT2D eigenvalue weighted by atomic mass is 9.66. The van der Waals surface area contributed by atoms with E-state index >= 15 is 0 Å². The average Bonchev–Trinajstić information content (AvgIpc) is 2.84. The van der Waals surface area contributed by atoms with E-state index in [0.29, 0.717) is 16.5 Å². The van der Waals surface area contributed by atoms with Crippen molar-refractivity contribution in [2.45, 2.75) is 76.5 Å². The number of hydrogen-bond acceptors (Lipinski definition) is 2. The van der Waals surface area contributed by atoms with Gasteiger partial charge in [-0.2, -0.15) is 0 Å². The second kappa shape index (κ2) is 10.8. The number of hydrogen-bond donors (Lipinski definition) is 0. The number of carbonyl (C=O) groups excluding carboxylic acids is 1. The lowest BCUT2D eigenvalue weighted by Gasteiger charge is -2.53. The van der Waals surface area contributed by atoms with E-state index in [-0.39, 0.29) is 30.0 Å². The number of halogens is 2. The van der Waals surface area contributed by atoms with Crippen molar-refractivity contribution in [2.24, 2.45) is 5.41 Å². The third-order valence-corrected chi connectivity index (χ3v) is 8.09. The first kappa shape index (κ1) is 25.3. The minimum absolute atomic E-state index is 0.000368. The van der Waals surface area contributed by atoms with Gasteiger partial charge in [-0.25, -0.2) is 0 Å². The molecule has 3 unspecified atom stereocenters. The van der Waals surface area contributed by atoms with E-state index in [1.807, 2.05) is 30.3 Å². The Morgan fingerprint density at radius 3 is 2.53 bits per heavy atom. The summed E-state index contributed by atoms with van der Waals surface area (Å²) >= 11 is 12.7. The molecule has 0 aromatic heterocycles. The van der Waals surface area contributed by atoms with Crippen LogP contribution in [0.15, 0.2) is 61.2 Å². The van der Waals surface area contributed by atoms with Gasteiger partial charge < -0.3 is 9.64 Å². The predicted octanol–water partition coefficient (Wildman–Crippen LogP) is 7.98. The van der Waals surface area contributed by atoms with E-state index < -0.39 is 5.41 Å². The lowest BCUT2D eigenvalue weighted by Crippen LogP contribution is -2.58. The summed E-state index contributed by atoms with van der Waals surface area (Å²) in [5, 5.41) is 1.40. The Kier molecular flexibility index (Phi) is 8.07. The summed E-state index contributed by atoms with van der Waals surface area (Å²) in [5.41, 5.74) is 1.71. The van der Waals surface area contributed by atoms with E-state index in [4.69, 9.17) is 27.9 Å². The highest BCUT2D eigenvalue weighted by Crippen LogP contribution is 2.52. The largest absolute Gasteiger partial charge is 0.376 e. The van der Waals surface area contributed by atoms with E-state index in [1.165, 1.54) is 0 Å². The maximum absolute atomic E-state index is 14.3. The van der Waals surface area contributed by atoms with Crippen molar-refractivity contribution in [1.29, 1.82) is 0 Å². The molecule has 2 aliphatic heterocycles. The number of allylic oxidation sites excluding steroid dienone is 1. The Labute approximate surface area is 214 Å². The molecule has 2 fully saturated rings. The molecule has 2 aromatic rings. The molecule has 0 aliphatic carbocycles. The third kappa shape index (κ3) is 5.08. The summed E-state index contributed by atoms with van der Waals surface area (Å²) in [4.78, 5) is 16.5. The van der Waals surface area contributed by atoms with Crippen LogP contribution in [0.3, 0.4) is 0 Å². The van der Waals surface area contributed by atoms with E-state index in [1.54, 1.807) is 0 Å². The third-order valence-electron chi connectivity index (χ3n) is 7.60. The summed E-state index contributed by atoms with van der Waals surface area (Å²) in [6, 6.07) is 15.9. The summed E-state index contributed by atoms with van der Waals surface area (Å²) in [6.45, 7) is 9.00. The van der Waals surface area contributed by atoms with E-state index in [9.17, 15) is 4.79 Å². The molecule has 0 spiro atoms. The molecule has 0 radical (unpaired) electrons. The number of nitrogens with zero attached hydrogens (tertiary/aromatic N) is 1. The van der Waals surface area contributed by atoms with Crippen molar-refractivity contribution in [1.82, 2.24) is 4.90 Å². The smallest absolute Gasteiger partial charge is 0.229 e. The molecular formula is C29H35Cl2NO2.